The van der Waals surface area contributed by atoms with Crippen molar-refractivity contribution in [3.05, 3.63) is 12.2 Å². The van der Waals surface area contributed by atoms with Crippen LogP contribution < -0.4 is 0 Å². The van der Waals surface area contributed by atoms with E-state index in [0.717, 1.165) is 0 Å². The normalized spacial score (nSPS) is 35.8. The number of rotatable bonds is 6. The standard InChI is InChI=1S/C20H25NO6/c1-5-6-19(4,11(2)3)17(23)25-9-14(22)26-15-12-7-13-16(15)27-18(24)20(13,8-12)10-21/h5-6,11-13,15-16H,7-9H2,1-4H3/b6-5-/t12?,13?,15-,16?,19?,20?/m0/s1. The lowest BCUT2D eigenvalue weighted by molar-refractivity contribution is -0.173. The molecule has 2 bridgehead atoms. The molecule has 6 atom stereocenters. The minimum atomic E-state index is -1.07. The molecule has 27 heavy (non-hydrogen) atoms. The molecule has 1 aliphatic heterocycles. The molecular weight excluding hydrogens is 350 g/mol. The molecule has 0 amide bonds. The Labute approximate surface area is 158 Å². The van der Waals surface area contributed by atoms with Gasteiger partial charge in [0.15, 0.2) is 12.0 Å². The van der Waals surface area contributed by atoms with Crippen LogP contribution in [0.1, 0.15) is 40.5 Å². The van der Waals surface area contributed by atoms with Crippen molar-refractivity contribution >= 4 is 17.9 Å². The Morgan fingerprint density at radius 2 is 2.19 bits per heavy atom. The van der Waals surface area contributed by atoms with Gasteiger partial charge in [-0.3, -0.25) is 9.59 Å². The van der Waals surface area contributed by atoms with Crippen LogP contribution in [-0.4, -0.2) is 36.7 Å². The van der Waals surface area contributed by atoms with Crippen molar-refractivity contribution in [3.63, 3.8) is 0 Å². The molecule has 146 valence electrons. The van der Waals surface area contributed by atoms with Gasteiger partial charge in [-0.2, -0.15) is 5.26 Å². The zero-order valence-electron chi connectivity index (χ0n) is 16.1. The summed E-state index contributed by atoms with van der Waals surface area (Å²) in [5.41, 5.74) is -1.90. The molecule has 0 radical (unpaired) electrons. The molecule has 0 N–H and O–H groups in total. The molecule has 5 unspecified atom stereocenters. The summed E-state index contributed by atoms with van der Waals surface area (Å²) in [5, 5.41) is 9.39. The Morgan fingerprint density at radius 3 is 2.78 bits per heavy atom. The summed E-state index contributed by atoms with van der Waals surface area (Å²) in [4.78, 5) is 36.7. The van der Waals surface area contributed by atoms with E-state index in [-0.39, 0.29) is 17.8 Å². The van der Waals surface area contributed by atoms with Gasteiger partial charge in [-0.05, 0) is 32.6 Å². The molecule has 0 aromatic carbocycles. The van der Waals surface area contributed by atoms with E-state index in [4.69, 9.17) is 14.2 Å². The number of carbonyl (C=O) groups excluding carboxylic acids is 3. The van der Waals surface area contributed by atoms with Crippen molar-refractivity contribution < 1.29 is 28.6 Å². The van der Waals surface area contributed by atoms with Crippen LogP contribution in [0.2, 0.25) is 0 Å². The zero-order chi connectivity index (χ0) is 20.0. The maximum absolute atomic E-state index is 12.4. The quantitative estimate of drug-likeness (QED) is 0.398. The SMILES string of the molecule is C/C=C\C(C)(C(=O)OCC(=O)O[C@H]1C2CC3C1OC(=O)C3(C#N)C2)C(C)C. The highest BCUT2D eigenvalue weighted by Gasteiger charge is 2.72. The molecule has 0 aromatic heterocycles. The number of nitrogens with zero attached hydrogens (tertiary/aromatic N) is 1. The summed E-state index contributed by atoms with van der Waals surface area (Å²) in [6.07, 6.45) is 3.40. The molecule has 7 heteroatoms. The van der Waals surface area contributed by atoms with Crippen LogP contribution in [-0.2, 0) is 28.6 Å². The lowest BCUT2D eigenvalue weighted by Gasteiger charge is -2.29. The van der Waals surface area contributed by atoms with Crippen molar-refractivity contribution in [2.45, 2.75) is 52.7 Å². The highest BCUT2D eigenvalue weighted by atomic mass is 16.6. The summed E-state index contributed by atoms with van der Waals surface area (Å²) >= 11 is 0. The van der Waals surface area contributed by atoms with Crippen LogP contribution in [0.4, 0.5) is 0 Å². The predicted octanol–water partition coefficient (Wildman–Crippen LogP) is 2.15. The smallest absolute Gasteiger partial charge is 0.344 e. The van der Waals surface area contributed by atoms with E-state index in [9.17, 15) is 19.6 Å². The summed E-state index contributed by atoms with van der Waals surface area (Å²) in [6, 6.07) is 2.11. The first-order valence-electron chi connectivity index (χ1n) is 9.32. The maximum Gasteiger partial charge on any atom is 0.344 e. The van der Waals surface area contributed by atoms with Gasteiger partial charge in [-0.15, -0.1) is 0 Å². The molecule has 0 aromatic rings. The average molecular weight is 375 g/mol. The lowest BCUT2D eigenvalue weighted by atomic mass is 9.75. The third-order valence-corrected chi connectivity index (χ3v) is 6.51. The van der Waals surface area contributed by atoms with E-state index < -0.39 is 47.6 Å². The molecule has 3 aliphatic rings. The summed E-state index contributed by atoms with van der Waals surface area (Å²) in [5.74, 6) is -1.96. The predicted molar refractivity (Wildman–Crippen MR) is 92.7 cm³/mol. The number of ether oxygens (including phenoxy) is 3. The van der Waals surface area contributed by atoms with E-state index in [1.165, 1.54) is 0 Å². The molecular formula is C20H25NO6. The topological polar surface area (TPSA) is 103 Å². The molecule has 3 rings (SSSR count). The fraction of sp³-hybridized carbons (Fsp3) is 0.700. The third kappa shape index (κ3) is 2.82. The van der Waals surface area contributed by atoms with Crippen LogP contribution in [0.25, 0.3) is 0 Å². The Kier molecular flexibility index (Phi) is 4.79. The number of carbonyl (C=O) groups is 3. The largest absolute Gasteiger partial charge is 0.457 e. The Bertz CT molecular complexity index is 737. The Balaban J connectivity index is 1.58. The molecule has 1 heterocycles. The van der Waals surface area contributed by atoms with Gasteiger partial charge in [-0.25, -0.2) is 4.79 Å². The minimum absolute atomic E-state index is 0.000192. The second-order valence-corrected chi connectivity index (χ2v) is 8.23. The van der Waals surface area contributed by atoms with Gasteiger partial charge >= 0.3 is 17.9 Å². The molecule has 2 saturated carbocycles. The summed E-state index contributed by atoms with van der Waals surface area (Å²) in [6.45, 7) is 6.91. The summed E-state index contributed by atoms with van der Waals surface area (Å²) in [7, 11) is 0. The maximum atomic E-state index is 12.4. The molecule has 7 nitrogen and oxygen atoms in total. The van der Waals surface area contributed by atoms with Gasteiger partial charge in [0.25, 0.3) is 0 Å². The van der Waals surface area contributed by atoms with E-state index in [1.54, 1.807) is 19.1 Å². The molecule has 2 aliphatic carbocycles. The molecule has 1 saturated heterocycles. The first-order valence-corrected chi connectivity index (χ1v) is 9.32. The van der Waals surface area contributed by atoms with E-state index in [0.29, 0.717) is 12.8 Å². The van der Waals surface area contributed by atoms with Crippen molar-refractivity contribution in [2.75, 3.05) is 6.61 Å². The summed E-state index contributed by atoms with van der Waals surface area (Å²) < 4.78 is 16.0. The molecule has 0 spiro atoms. The zero-order valence-corrected chi connectivity index (χ0v) is 16.1. The van der Waals surface area contributed by atoms with Gasteiger partial charge in [0, 0.05) is 11.8 Å². The third-order valence-electron chi connectivity index (χ3n) is 6.51. The number of allylic oxidation sites excluding steroid dienone is 1. The monoisotopic (exact) mass is 375 g/mol. The number of hydrogen-bond acceptors (Lipinski definition) is 7. The van der Waals surface area contributed by atoms with Crippen LogP contribution in [0.5, 0.6) is 0 Å². The van der Waals surface area contributed by atoms with Gasteiger partial charge in [0.05, 0.1) is 11.5 Å². The second-order valence-electron chi connectivity index (χ2n) is 8.23. The van der Waals surface area contributed by atoms with Gasteiger partial charge in [0.2, 0.25) is 0 Å². The number of nitriles is 1. The van der Waals surface area contributed by atoms with Crippen LogP contribution >= 0.6 is 0 Å². The first kappa shape index (κ1) is 19.4. The van der Waals surface area contributed by atoms with Crippen molar-refractivity contribution in [1.29, 1.82) is 5.26 Å². The Hall–Kier alpha value is -2.36. The number of hydrogen-bond donors (Lipinski definition) is 0. The van der Waals surface area contributed by atoms with Crippen LogP contribution in [0, 0.1) is 39.9 Å². The number of esters is 3. The van der Waals surface area contributed by atoms with Crippen molar-refractivity contribution in [3.8, 4) is 6.07 Å². The van der Waals surface area contributed by atoms with Crippen LogP contribution in [0.3, 0.4) is 0 Å². The van der Waals surface area contributed by atoms with Crippen molar-refractivity contribution in [2.24, 2.45) is 28.6 Å². The first-order chi connectivity index (χ1) is 12.7. The van der Waals surface area contributed by atoms with Crippen LogP contribution in [0.15, 0.2) is 12.2 Å². The minimum Gasteiger partial charge on any atom is -0.457 e. The van der Waals surface area contributed by atoms with Gasteiger partial charge in [-0.1, -0.05) is 26.0 Å². The van der Waals surface area contributed by atoms with Crippen molar-refractivity contribution in [1.82, 2.24) is 0 Å². The van der Waals surface area contributed by atoms with Gasteiger partial charge in [0.1, 0.15) is 12.2 Å². The van der Waals surface area contributed by atoms with E-state index in [1.807, 2.05) is 20.8 Å². The lowest BCUT2D eigenvalue weighted by Crippen LogP contribution is -2.41. The molecule has 3 fully saturated rings. The Morgan fingerprint density at radius 1 is 1.48 bits per heavy atom. The number of fused-ring (bicyclic) bond motifs is 1. The highest BCUT2D eigenvalue weighted by Crippen LogP contribution is 2.62. The average Bonchev–Trinajstić information content (AvgIpc) is 3.21. The fourth-order valence-corrected chi connectivity index (χ4v) is 4.60. The van der Waals surface area contributed by atoms with E-state index in [2.05, 4.69) is 6.07 Å². The van der Waals surface area contributed by atoms with E-state index >= 15 is 0 Å². The fourth-order valence-electron chi connectivity index (χ4n) is 4.60. The van der Waals surface area contributed by atoms with Gasteiger partial charge < -0.3 is 14.2 Å². The highest BCUT2D eigenvalue weighted by molar-refractivity contribution is 5.85. The second kappa shape index (κ2) is 6.66.